The monoisotopic (exact) mass is 144 g/mol. The molecule has 0 unspecified atom stereocenters. The molecule has 0 aliphatic heterocycles. The molecule has 0 aromatic carbocycles. The standard InChI is InChI=1S/C7H12O3/c1-3-4-6(8)5-7(9)10-2/h5,8H,3-4H2,1-2H3/b6-5+. The van der Waals surface area contributed by atoms with Gasteiger partial charge in [0.25, 0.3) is 0 Å². The molecule has 0 spiro atoms. The third-order valence-corrected chi connectivity index (χ3v) is 0.992. The number of methoxy groups -OCH3 is 1. The number of hydrogen-bond acceptors (Lipinski definition) is 3. The minimum absolute atomic E-state index is 0.0781. The predicted molar refractivity (Wildman–Crippen MR) is 37.6 cm³/mol. The Bertz CT molecular complexity index is 138. The van der Waals surface area contributed by atoms with Gasteiger partial charge in [0.05, 0.1) is 18.9 Å². The number of ether oxygens (including phenoxy) is 1. The van der Waals surface area contributed by atoms with Crippen LogP contribution in [0.2, 0.25) is 0 Å². The van der Waals surface area contributed by atoms with Crippen LogP contribution < -0.4 is 0 Å². The number of aliphatic hydroxyl groups excluding tert-OH is 1. The smallest absolute Gasteiger partial charge is 0.333 e. The molecular formula is C7H12O3. The number of carbonyl (C=O) groups excluding carboxylic acids is 1. The van der Waals surface area contributed by atoms with Crippen LogP contribution in [0.5, 0.6) is 0 Å². The molecule has 0 radical (unpaired) electrons. The Labute approximate surface area is 60.3 Å². The zero-order chi connectivity index (χ0) is 7.98. The summed E-state index contributed by atoms with van der Waals surface area (Å²) >= 11 is 0. The molecule has 0 saturated carbocycles. The van der Waals surface area contributed by atoms with Crippen LogP contribution in [0.15, 0.2) is 11.8 Å². The summed E-state index contributed by atoms with van der Waals surface area (Å²) in [6.45, 7) is 1.92. The van der Waals surface area contributed by atoms with E-state index in [2.05, 4.69) is 4.74 Å². The number of carbonyl (C=O) groups is 1. The van der Waals surface area contributed by atoms with Crippen molar-refractivity contribution in [2.75, 3.05) is 7.11 Å². The topological polar surface area (TPSA) is 46.5 Å². The van der Waals surface area contributed by atoms with Gasteiger partial charge < -0.3 is 9.84 Å². The molecule has 0 heterocycles. The van der Waals surface area contributed by atoms with E-state index in [0.29, 0.717) is 6.42 Å². The number of aliphatic hydroxyl groups is 1. The van der Waals surface area contributed by atoms with Crippen LogP contribution >= 0.6 is 0 Å². The Kier molecular flexibility index (Phi) is 4.37. The van der Waals surface area contributed by atoms with Crippen molar-refractivity contribution in [1.82, 2.24) is 0 Å². The van der Waals surface area contributed by atoms with Gasteiger partial charge in [-0.25, -0.2) is 4.79 Å². The fourth-order valence-corrected chi connectivity index (χ4v) is 0.523. The van der Waals surface area contributed by atoms with Crippen molar-refractivity contribution in [2.24, 2.45) is 0 Å². The van der Waals surface area contributed by atoms with Gasteiger partial charge in [0.1, 0.15) is 0 Å². The number of hydrogen-bond donors (Lipinski definition) is 1. The molecule has 58 valence electrons. The maximum absolute atomic E-state index is 10.4. The third-order valence-electron chi connectivity index (χ3n) is 0.992. The molecule has 3 nitrogen and oxygen atoms in total. The second-order valence-corrected chi connectivity index (χ2v) is 1.91. The third kappa shape index (κ3) is 3.95. The van der Waals surface area contributed by atoms with E-state index < -0.39 is 5.97 Å². The Morgan fingerprint density at radius 1 is 1.70 bits per heavy atom. The summed E-state index contributed by atoms with van der Waals surface area (Å²) in [5.74, 6) is -0.430. The molecule has 1 N–H and O–H groups in total. The summed E-state index contributed by atoms with van der Waals surface area (Å²) in [6, 6.07) is 0. The van der Waals surface area contributed by atoms with Gasteiger partial charge in [-0.2, -0.15) is 0 Å². The van der Waals surface area contributed by atoms with Crippen molar-refractivity contribution >= 4 is 5.97 Å². The van der Waals surface area contributed by atoms with Crippen LogP contribution in [0.3, 0.4) is 0 Å². The minimum Gasteiger partial charge on any atom is -0.512 e. The van der Waals surface area contributed by atoms with Crippen LogP contribution in [0.1, 0.15) is 19.8 Å². The van der Waals surface area contributed by atoms with E-state index in [1.54, 1.807) is 0 Å². The molecule has 0 aromatic rings. The van der Waals surface area contributed by atoms with Gasteiger partial charge in [-0.05, 0) is 6.42 Å². The van der Waals surface area contributed by atoms with Crippen molar-refractivity contribution in [3.05, 3.63) is 11.8 Å². The second-order valence-electron chi connectivity index (χ2n) is 1.91. The van der Waals surface area contributed by atoms with Gasteiger partial charge in [-0.3, -0.25) is 0 Å². The Hall–Kier alpha value is -0.990. The SMILES string of the molecule is CCC/C(O)=C\C(=O)OC. The zero-order valence-electron chi connectivity index (χ0n) is 6.26. The van der Waals surface area contributed by atoms with Crippen molar-refractivity contribution in [2.45, 2.75) is 19.8 Å². The number of esters is 1. The van der Waals surface area contributed by atoms with E-state index in [9.17, 15) is 4.79 Å². The summed E-state index contributed by atoms with van der Waals surface area (Å²) in [5.41, 5.74) is 0. The molecule has 0 saturated heterocycles. The van der Waals surface area contributed by atoms with Gasteiger partial charge in [0.15, 0.2) is 0 Å². The molecule has 0 amide bonds. The fourth-order valence-electron chi connectivity index (χ4n) is 0.523. The molecule has 10 heavy (non-hydrogen) atoms. The van der Waals surface area contributed by atoms with Crippen LogP contribution in [0.25, 0.3) is 0 Å². The second kappa shape index (κ2) is 4.85. The summed E-state index contributed by atoms with van der Waals surface area (Å²) in [6.07, 6.45) is 2.43. The Morgan fingerprint density at radius 3 is 2.70 bits per heavy atom. The quantitative estimate of drug-likeness (QED) is 0.370. The zero-order valence-corrected chi connectivity index (χ0v) is 6.26. The first-order valence-electron chi connectivity index (χ1n) is 3.18. The summed E-state index contributed by atoms with van der Waals surface area (Å²) in [5, 5.41) is 8.91. The lowest BCUT2D eigenvalue weighted by atomic mass is 10.3. The molecule has 0 aliphatic rings. The van der Waals surface area contributed by atoms with E-state index in [0.717, 1.165) is 12.5 Å². The van der Waals surface area contributed by atoms with E-state index in [-0.39, 0.29) is 5.76 Å². The van der Waals surface area contributed by atoms with E-state index >= 15 is 0 Å². The van der Waals surface area contributed by atoms with Crippen molar-refractivity contribution in [1.29, 1.82) is 0 Å². The normalized spacial score (nSPS) is 11.2. The largest absolute Gasteiger partial charge is 0.512 e. The van der Waals surface area contributed by atoms with E-state index in [1.165, 1.54) is 7.11 Å². The molecule has 0 bridgehead atoms. The van der Waals surface area contributed by atoms with Crippen molar-refractivity contribution in [3.8, 4) is 0 Å². The van der Waals surface area contributed by atoms with Gasteiger partial charge in [0, 0.05) is 6.42 Å². The molecule has 0 rings (SSSR count). The van der Waals surface area contributed by atoms with Crippen LogP contribution in [-0.4, -0.2) is 18.2 Å². The van der Waals surface area contributed by atoms with Crippen LogP contribution in [0.4, 0.5) is 0 Å². The summed E-state index contributed by atoms with van der Waals surface area (Å²) < 4.78 is 4.29. The van der Waals surface area contributed by atoms with Crippen molar-refractivity contribution in [3.63, 3.8) is 0 Å². The van der Waals surface area contributed by atoms with E-state index in [4.69, 9.17) is 5.11 Å². The average Bonchev–Trinajstić information content (AvgIpc) is 1.88. The Morgan fingerprint density at radius 2 is 2.30 bits per heavy atom. The first-order chi connectivity index (χ1) is 4.70. The number of allylic oxidation sites excluding steroid dienone is 1. The highest BCUT2D eigenvalue weighted by molar-refractivity contribution is 5.82. The molecule has 0 aliphatic carbocycles. The first-order valence-corrected chi connectivity index (χ1v) is 3.18. The first kappa shape index (κ1) is 9.01. The minimum atomic E-state index is -0.508. The fraction of sp³-hybridized carbons (Fsp3) is 0.571. The highest BCUT2D eigenvalue weighted by atomic mass is 16.5. The highest BCUT2D eigenvalue weighted by Crippen LogP contribution is 1.99. The average molecular weight is 144 g/mol. The lowest BCUT2D eigenvalue weighted by Crippen LogP contribution is -1.96. The van der Waals surface area contributed by atoms with Gasteiger partial charge in [-0.1, -0.05) is 6.92 Å². The van der Waals surface area contributed by atoms with Crippen molar-refractivity contribution < 1.29 is 14.6 Å². The molecular weight excluding hydrogens is 132 g/mol. The molecule has 3 heteroatoms. The Balaban J connectivity index is 3.77. The molecule has 0 fully saturated rings. The maximum atomic E-state index is 10.4. The lowest BCUT2D eigenvalue weighted by molar-refractivity contribution is -0.135. The summed E-state index contributed by atoms with van der Waals surface area (Å²) in [4.78, 5) is 10.4. The van der Waals surface area contributed by atoms with Gasteiger partial charge in [-0.15, -0.1) is 0 Å². The number of rotatable bonds is 3. The van der Waals surface area contributed by atoms with Gasteiger partial charge >= 0.3 is 5.97 Å². The summed E-state index contributed by atoms with van der Waals surface area (Å²) in [7, 11) is 1.28. The maximum Gasteiger partial charge on any atom is 0.333 e. The predicted octanol–water partition coefficient (Wildman–Crippen LogP) is 1.40. The van der Waals surface area contributed by atoms with Gasteiger partial charge in [0.2, 0.25) is 0 Å². The van der Waals surface area contributed by atoms with E-state index in [1.807, 2.05) is 6.92 Å². The van der Waals surface area contributed by atoms with Crippen LogP contribution in [-0.2, 0) is 9.53 Å². The molecule has 0 atom stereocenters. The highest BCUT2D eigenvalue weighted by Gasteiger charge is 1.96. The lowest BCUT2D eigenvalue weighted by Gasteiger charge is -1.94. The van der Waals surface area contributed by atoms with Crippen LogP contribution in [0, 0.1) is 0 Å². The molecule has 0 aromatic heterocycles.